The van der Waals surface area contributed by atoms with E-state index in [4.69, 9.17) is 20.3 Å². The minimum Gasteiger partial charge on any atom is -0.489 e. The molecule has 0 radical (unpaired) electrons. The molecule has 0 heterocycles. The largest absolute Gasteiger partial charge is 0.489 e. The molecule has 27 heavy (non-hydrogen) atoms. The molecule has 148 valence electrons. The molecule has 0 unspecified atom stereocenters. The molecule has 0 aliphatic rings. The zero-order valence-corrected chi connectivity index (χ0v) is 16.7. The average molecular weight is 393 g/mol. The van der Waals surface area contributed by atoms with Gasteiger partial charge < -0.3 is 20.3 Å². The lowest BCUT2D eigenvalue weighted by atomic mass is 9.95. The van der Waals surface area contributed by atoms with Crippen molar-refractivity contribution in [2.45, 2.75) is 45.3 Å². The van der Waals surface area contributed by atoms with E-state index in [1.54, 1.807) is 6.92 Å². The van der Waals surface area contributed by atoms with Crippen LogP contribution in [0.15, 0.2) is 48.5 Å². The van der Waals surface area contributed by atoms with Gasteiger partial charge in [0, 0.05) is 5.54 Å². The van der Waals surface area contributed by atoms with Gasteiger partial charge in [0.1, 0.15) is 12.4 Å². The third kappa shape index (κ3) is 8.24. The van der Waals surface area contributed by atoms with E-state index >= 15 is 0 Å². The van der Waals surface area contributed by atoms with Crippen molar-refractivity contribution in [2.24, 2.45) is 5.73 Å². The number of ether oxygens (including phenoxy) is 1. The molecule has 0 spiro atoms. The van der Waals surface area contributed by atoms with Gasteiger partial charge in [-0.05, 0) is 55.0 Å². The highest BCUT2D eigenvalue weighted by molar-refractivity contribution is 7.46. The minimum atomic E-state index is -4.50. The molecule has 2 aromatic carbocycles. The van der Waals surface area contributed by atoms with Crippen LogP contribution in [0, 0.1) is 0 Å². The molecular weight excluding hydrogens is 365 g/mol. The van der Waals surface area contributed by atoms with E-state index in [2.05, 4.69) is 35.7 Å². The minimum absolute atomic E-state index is 0.199. The molecule has 6 nitrogen and oxygen atoms in total. The third-order valence-electron chi connectivity index (χ3n) is 4.31. The van der Waals surface area contributed by atoms with E-state index < -0.39 is 13.4 Å². The number of nitrogens with two attached hydrogens (primary N) is 1. The molecule has 2 aromatic rings. The first-order valence-electron chi connectivity index (χ1n) is 8.95. The third-order valence-corrected chi connectivity index (χ3v) is 4.77. The van der Waals surface area contributed by atoms with Gasteiger partial charge in [-0.3, -0.25) is 4.52 Å². The Labute approximate surface area is 160 Å². The summed E-state index contributed by atoms with van der Waals surface area (Å²) < 4.78 is 21.1. The van der Waals surface area contributed by atoms with E-state index in [1.165, 1.54) is 5.56 Å². The van der Waals surface area contributed by atoms with E-state index in [0.717, 1.165) is 23.3 Å². The molecule has 0 fully saturated rings. The van der Waals surface area contributed by atoms with Crippen molar-refractivity contribution in [3.05, 3.63) is 65.2 Å². The summed E-state index contributed by atoms with van der Waals surface area (Å²) in [5, 5.41) is 0. The summed E-state index contributed by atoms with van der Waals surface area (Å²) in [6, 6.07) is 16.1. The quantitative estimate of drug-likeness (QED) is 0.533. The number of rotatable bonds is 10. The number of aryl methyl sites for hydroxylation is 2. The number of phosphoric ester groups is 1. The Hall–Kier alpha value is -1.69. The molecule has 0 saturated carbocycles. The van der Waals surface area contributed by atoms with Crippen molar-refractivity contribution >= 4 is 7.82 Å². The first-order chi connectivity index (χ1) is 12.7. The Balaban J connectivity index is 1.81. The molecule has 0 aliphatic heterocycles. The molecule has 0 aromatic heterocycles. The Bertz CT molecular complexity index is 753. The lowest BCUT2D eigenvalue weighted by molar-refractivity contribution is 0.154. The normalized spacial score (nSPS) is 14.0. The van der Waals surface area contributed by atoms with E-state index in [0.29, 0.717) is 19.4 Å². The van der Waals surface area contributed by atoms with Crippen LogP contribution in [0.1, 0.15) is 37.0 Å². The lowest BCUT2D eigenvalue weighted by Crippen LogP contribution is -2.41. The molecule has 1 atom stereocenters. The molecule has 0 bridgehead atoms. The van der Waals surface area contributed by atoms with Crippen LogP contribution in [-0.2, 0) is 28.5 Å². The monoisotopic (exact) mass is 393 g/mol. The highest BCUT2D eigenvalue weighted by atomic mass is 31.2. The SMILES string of the molecule is CCc1ccc(COc2ccc(CC[C@@](C)(N)COP(=O)(O)O)cc2)cc1. The van der Waals surface area contributed by atoms with Crippen LogP contribution in [-0.4, -0.2) is 21.9 Å². The average Bonchev–Trinajstić information content (AvgIpc) is 2.64. The number of hydrogen-bond donors (Lipinski definition) is 3. The molecule has 0 saturated heterocycles. The van der Waals surface area contributed by atoms with Crippen LogP contribution >= 0.6 is 7.82 Å². The van der Waals surface area contributed by atoms with Crippen molar-refractivity contribution in [1.82, 2.24) is 0 Å². The fourth-order valence-corrected chi connectivity index (χ4v) is 2.99. The smallest absolute Gasteiger partial charge is 0.469 e. The van der Waals surface area contributed by atoms with Crippen molar-refractivity contribution in [2.75, 3.05) is 6.61 Å². The Morgan fingerprint density at radius 1 is 1.00 bits per heavy atom. The first-order valence-corrected chi connectivity index (χ1v) is 10.5. The zero-order valence-electron chi connectivity index (χ0n) is 15.8. The zero-order chi connectivity index (χ0) is 19.9. The van der Waals surface area contributed by atoms with Gasteiger partial charge in [0.05, 0.1) is 6.61 Å². The maximum absolute atomic E-state index is 10.8. The van der Waals surface area contributed by atoms with Crippen LogP contribution < -0.4 is 10.5 Å². The second-order valence-electron chi connectivity index (χ2n) is 7.02. The van der Waals surface area contributed by atoms with Gasteiger partial charge in [-0.15, -0.1) is 0 Å². The molecule has 2 rings (SSSR count). The van der Waals surface area contributed by atoms with Crippen molar-refractivity contribution in [1.29, 1.82) is 0 Å². The predicted molar refractivity (Wildman–Crippen MR) is 106 cm³/mol. The van der Waals surface area contributed by atoms with Crippen molar-refractivity contribution < 1.29 is 23.6 Å². The van der Waals surface area contributed by atoms with Gasteiger partial charge in [0.25, 0.3) is 0 Å². The first kappa shape index (κ1) is 21.6. The van der Waals surface area contributed by atoms with E-state index in [9.17, 15) is 4.57 Å². The number of hydrogen-bond acceptors (Lipinski definition) is 4. The lowest BCUT2D eigenvalue weighted by Gasteiger charge is -2.24. The molecule has 0 aliphatic carbocycles. The standard InChI is InChI=1S/C20H28NO5P/c1-3-16-4-6-18(7-5-16)14-25-19-10-8-17(9-11-19)12-13-20(2,21)15-26-27(22,23)24/h4-11H,3,12-15,21H2,1-2H3,(H2,22,23,24)/t20-/m1/s1. The maximum atomic E-state index is 10.8. The summed E-state index contributed by atoms with van der Waals surface area (Å²) in [7, 11) is -4.50. The van der Waals surface area contributed by atoms with Crippen molar-refractivity contribution in [3.8, 4) is 5.75 Å². The fraction of sp³-hybridized carbons (Fsp3) is 0.400. The topological polar surface area (TPSA) is 102 Å². The second-order valence-corrected chi connectivity index (χ2v) is 8.26. The Morgan fingerprint density at radius 2 is 1.56 bits per heavy atom. The molecule has 7 heteroatoms. The highest BCUT2D eigenvalue weighted by Crippen LogP contribution is 2.36. The highest BCUT2D eigenvalue weighted by Gasteiger charge is 2.24. The van der Waals surface area contributed by atoms with Crippen molar-refractivity contribution in [3.63, 3.8) is 0 Å². The predicted octanol–water partition coefficient (Wildman–Crippen LogP) is 3.59. The van der Waals surface area contributed by atoms with Crippen LogP contribution in [0.2, 0.25) is 0 Å². The van der Waals surface area contributed by atoms with Crippen LogP contribution in [0.5, 0.6) is 5.75 Å². The summed E-state index contributed by atoms with van der Waals surface area (Å²) in [6.45, 7) is 4.16. The van der Waals surface area contributed by atoms with E-state index in [1.807, 2.05) is 24.3 Å². The molecular formula is C20H28NO5P. The second kappa shape index (κ2) is 9.49. The van der Waals surface area contributed by atoms with Gasteiger partial charge in [-0.25, -0.2) is 4.57 Å². The summed E-state index contributed by atoms with van der Waals surface area (Å²) >= 11 is 0. The summed E-state index contributed by atoms with van der Waals surface area (Å²) in [6.07, 6.45) is 2.24. The van der Waals surface area contributed by atoms with Crippen LogP contribution in [0.3, 0.4) is 0 Å². The van der Waals surface area contributed by atoms with E-state index in [-0.39, 0.29) is 6.61 Å². The maximum Gasteiger partial charge on any atom is 0.469 e. The van der Waals surface area contributed by atoms with Crippen LogP contribution in [0.25, 0.3) is 0 Å². The van der Waals surface area contributed by atoms with Crippen LogP contribution in [0.4, 0.5) is 0 Å². The number of benzene rings is 2. The Kier molecular flexibility index (Phi) is 7.59. The molecule has 0 amide bonds. The van der Waals surface area contributed by atoms with Gasteiger partial charge in [0.15, 0.2) is 0 Å². The summed E-state index contributed by atoms with van der Waals surface area (Å²) in [5.41, 5.74) is 8.73. The fourth-order valence-electron chi connectivity index (χ4n) is 2.52. The summed E-state index contributed by atoms with van der Waals surface area (Å²) in [5.74, 6) is 0.790. The molecule has 4 N–H and O–H groups in total. The van der Waals surface area contributed by atoms with Gasteiger partial charge in [-0.1, -0.05) is 43.3 Å². The van der Waals surface area contributed by atoms with Gasteiger partial charge in [-0.2, -0.15) is 0 Å². The number of phosphoric acid groups is 1. The van der Waals surface area contributed by atoms with Gasteiger partial charge in [0.2, 0.25) is 0 Å². The summed E-state index contributed by atoms with van der Waals surface area (Å²) in [4.78, 5) is 17.6. The Morgan fingerprint density at radius 3 is 2.11 bits per heavy atom. The van der Waals surface area contributed by atoms with Gasteiger partial charge >= 0.3 is 7.82 Å².